The van der Waals surface area contributed by atoms with Crippen LogP contribution in [0.25, 0.3) is 0 Å². The Balaban J connectivity index is 3.06. The van der Waals surface area contributed by atoms with Crippen LogP contribution in [0, 0.1) is 0 Å². The van der Waals surface area contributed by atoms with Gasteiger partial charge in [0.2, 0.25) is 0 Å². The van der Waals surface area contributed by atoms with Crippen molar-refractivity contribution in [3.8, 4) is 0 Å². The molecule has 8 heavy (non-hydrogen) atoms. The summed E-state index contributed by atoms with van der Waals surface area (Å²) >= 11 is -1.02. The number of nitrogens with one attached hydrogen (secondary N) is 2. The van der Waals surface area contributed by atoms with Crippen LogP contribution < -0.4 is 9.44 Å². The molecule has 0 saturated carbocycles. The van der Waals surface area contributed by atoms with Crippen LogP contribution in [-0.2, 0) is 11.2 Å². The van der Waals surface area contributed by atoms with Crippen molar-refractivity contribution in [2.24, 2.45) is 0 Å². The van der Waals surface area contributed by atoms with Gasteiger partial charge in [-0.1, -0.05) is 13.8 Å². The first-order valence-electron chi connectivity index (χ1n) is 2.70. The summed E-state index contributed by atoms with van der Waals surface area (Å²) in [6.45, 7) is 5.30. The van der Waals surface area contributed by atoms with Crippen molar-refractivity contribution in [1.29, 1.82) is 0 Å². The molecule has 0 rings (SSSR count). The van der Waals surface area contributed by atoms with Crippen molar-refractivity contribution < 1.29 is 4.21 Å². The second-order valence-electron chi connectivity index (χ2n) is 1.26. The molecular formula is C4H12N2OS. The van der Waals surface area contributed by atoms with E-state index in [0.29, 0.717) is 0 Å². The number of rotatable bonds is 4. The van der Waals surface area contributed by atoms with Gasteiger partial charge in [-0.15, -0.1) is 0 Å². The lowest BCUT2D eigenvalue weighted by Gasteiger charge is -1.98. The molecule has 0 aromatic rings. The maximum Gasteiger partial charge on any atom is 0.167 e. The lowest BCUT2D eigenvalue weighted by Crippen LogP contribution is -2.29. The van der Waals surface area contributed by atoms with Crippen molar-refractivity contribution >= 4 is 11.2 Å². The predicted octanol–water partition coefficient (Wildman–Crippen LogP) is -0.216. The van der Waals surface area contributed by atoms with Crippen LogP contribution in [0.5, 0.6) is 0 Å². The van der Waals surface area contributed by atoms with Crippen molar-refractivity contribution in [3.63, 3.8) is 0 Å². The Morgan fingerprint density at radius 2 is 1.62 bits per heavy atom. The molecule has 0 saturated heterocycles. The lowest BCUT2D eigenvalue weighted by atomic mass is 10.8. The molecule has 0 aromatic carbocycles. The summed E-state index contributed by atoms with van der Waals surface area (Å²) in [5.41, 5.74) is 0. The highest BCUT2D eigenvalue weighted by Gasteiger charge is 1.88. The van der Waals surface area contributed by atoms with Crippen LogP contribution in [0.1, 0.15) is 13.8 Å². The Labute approximate surface area is 52.6 Å². The summed E-state index contributed by atoms with van der Waals surface area (Å²) in [7, 11) is 0. The molecule has 0 amide bonds. The van der Waals surface area contributed by atoms with Gasteiger partial charge in [0.05, 0.1) is 0 Å². The molecule has 0 fully saturated rings. The Morgan fingerprint density at radius 3 is 1.88 bits per heavy atom. The fraction of sp³-hybridized carbons (Fsp3) is 1.00. The first kappa shape index (κ1) is 8.07. The molecule has 1 atom stereocenters. The third kappa shape index (κ3) is 4.23. The first-order valence-corrected chi connectivity index (χ1v) is 3.85. The highest BCUT2D eigenvalue weighted by Crippen LogP contribution is 1.63. The minimum atomic E-state index is -1.02. The molecule has 0 aromatic heterocycles. The Morgan fingerprint density at radius 1 is 1.25 bits per heavy atom. The van der Waals surface area contributed by atoms with E-state index in [1.54, 1.807) is 0 Å². The Bertz CT molecular complexity index is 68.4. The van der Waals surface area contributed by atoms with Gasteiger partial charge < -0.3 is 0 Å². The van der Waals surface area contributed by atoms with E-state index in [1.807, 2.05) is 13.8 Å². The van der Waals surface area contributed by atoms with Gasteiger partial charge in [0.1, 0.15) is 0 Å². The van der Waals surface area contributed by atoms with E-state index >= 15 is 0 Å². The molecule has 0 heterocycles. The van der Waals surface area contributed by atoms with Gasteiger partial charge in [0.15, 0.2) is 11.2 Å². The summed E-state index contributed by atoms with van der Waals surface area (Å²) < 4.78 is 15.9. The molecule has 0 aliphatic rings. The van der Waals surface area contributed by atoms with Crippen molar-refractivity contribution in [2.45, 2.75) is 13.8 Å². The quantitative estimate of drug-likeness (QED) is 0.517. The number of hydrogen-bond acceptors (Lipinski definition) is 1. The predicted molar refractivity (Wildman–Crippen MR) is 35.5 cm³/mol. The average Bonchev–Trinajstić information content (AvgIpc) is 1.68. The standard InChI is InChI=1S/C4H12N2OS/c1-3-5-8(7)6-4-2/h5-6H,3-4H2,1-2H3/i5+1. The molecule has 0 radical (unpaired) electrons. The van der Waals surface area contributed by atoms with Crippen LogP contribution in [0.3, 0.4) is 0 Å². The van der Waals surface area contributed by atoms with Crippen LogP contribution in [-0.4, -0.2) is 17.3 Å². The molecule has 50 valence electrons. The minimum Gasteiger partial charge on any atom is -0.225 e. The third-order valence-corrected chi connectivity index (χ3v) is 1.65. The maximum atomic E-state index is 10.5. The van der Waals surface area contributed by atoms with Gasteiger partial charge in [-0.25, -0.2) is 13.7 Å². The van der Waals surface area contributed by atoms with Gasteiger partial charge in [0, 0.05) is 13.1 Å². The van der Waals surface area contributed by atoms with Gasteiger partial charge >= 0.3 is 0 Å². The fourth-order valence-electron chi connectivity index (χ4n) is 0.313. The minimum absolute atomic E-state index is 0.736. The summed E-state index contributed by atoms with van der Waals surface area (Å²) in [5.74, 6) is 0. The van der Waals surface area contributed by atoms with E-state index < -0.39 is 11.2 Å². The highest BCUT2D eigenvalue weighted by atomic mass is 32.2. The maximum absolute atomic E-state index is 10.5. The van der Waals surface area contributed by atoms with Crippen molar-refractivity contribution in [2.75, 3.05) is 13.1 Å². The molecule has 0 aliphatic carbocycles. The lowest BCUT2D eigenvalue weighted by molar-refractivity contribution is 0.664. The summed E-state index contributed by atoms with van der Waals surface area (Å²) in [5, 5.41) is 0. The van der Waals surface area contributed by atoms with Crippen molar-refractivity contribution in [1.82, 2.24) is 9.44 Å². The SMILES string of the molecule is CCNS(=O)[15NH]CC. The summed E-state index contributed by atoms with van der Waals surface area (Å²) in [4.78, 5) is 0. The third-order valence-electron chi connectivity index (χ3n) is 0.551. The van der Waals surface area contributed by atoms with E-state index in [-0.39, 0.29) is 0 Å². The average molecular weight is 137 g/mol. The van der Waals surface area contributed by atoms with E-state index in [0.717, 1.165) is 13.1 Å². The van der Waals surface area contributed by atoms with Crippen LogP contribution >= 0.6 is 0 Å². The van der Waals surface area contributed by atoms with Gasteiger partial charge in [0.25, 0.3) is 0 Å². The van der Waals surface area contributed by atoms with E-state index in [1.165, 1.54) is 0 Å². The monoisotopic (exact) mass is 137 g/mol. The molecule has 2 N–H and O–H groups in total. The zero-order chi connectivity index (χ0) is 6.41. The van der Waals surface area contributed by atoms with Crippen LogP contribution in [0.2, 0.25) is 0 Å². The van der Waals surface area contributed by atoms with Crippen LogP contribution in [0.15, 0.2) is 0 Å². The molecular weight excluding hydrogens is 125 g/mol. The van der Waals surface area contributed by atoms with E-state index in [2.05, 4.69) is 9.44 Å². The van der Waals surface area contributed by atoms with Gasteiger partial charge in [-0.3, -0.25) is 0 Å². The smallest absolute Gasteiger partial charge is 0.167 e. The molecule has 0 aliphatic heterocycles. The molecule has 1 unspecified atom stereocenters. The van der Waals surface area contributed by atoms with E-state index in [4.69, 9.17) is 0 Å². The summed E-state index contributed by atoms with van der Waals surface area (Å²) in [6.07, 6.45) is 0. The number of hydrogen-bond donors (Lipinski definition) is 2. The normalized spacial score (nSPS) is 13.8. The van der Waals surface area contributed by atoms with Crippen molar-refractivity contribution in [3.05, 3.63) is 0 Å². The van der Waals surface area contributed by atoms with E-state index in [9.17, 15) is 4.21 Å². The molecule has 0 spiro atoms. The van der Waals surface area contributed by atoms with Crippen LogP contribution in [0.4, 0.5) is 0 Å². The largest absolute Gasteiger partial charge is 0.225 e. The Kier molecular flexibility index (Phi) is 5.26. The molecule has 4 heteroatoms. The zero-order valence-corrected chi connectivity index (χ0v) is 6.05. The zero-order valence-electron chi connectivity index (χ0n) is 5.23. The second kappa shape index (κ2) is 5.21. The van der Waals surface area contributed by atoms with Gasteiger partial charge in [-0.2, -0.15) is 0 Å². The second-order valence-corrected chi connectivity index (χ2v) is 2.38. The Hall–Kier alpha value is 0.0700. The summed E-state index contributed by atoms with van der Waals surface area (Å²) in [6, 6.07) is 0. The van der Waals surface area contributed by atoms with Gasteiger partial charge in [-0.05, 0) is 0 Å². The topological polar surface area (TPSA) is 41.1 Å². The first-order chi connectivity index (χ1) is 3.81. The molecule has 3 nitrogen and oxygen atoms in total. The fourth-order valence-corrected chi connectivity index (χ4v) is 0.940. The molecule has 0 bridgehead atoms. The highest BCUT2D eigenvalue weighted by molar-refractivity contribution is 7.81.